The minimum absolute atomic E-state index is 0.237. The maximum absolute atomic E-state index is 13.3. The third-order valence-electron chi connectivity index (χ3n) is 2.64. The van der Waals surface area contributed by atoms with Gasteiger partial charge in [-0.1, -0.05) is 6.07 Å². The minimum atomic E-state index is -0.494. The van der Waals surface area contributed by atoms with Gasteiger partial charge in [-0.2, -0.15) is 5.26 Å². The summed E-state index contributed by atoms with van der Waals surface area (Å²) in [7, 11) is 0. The molecule has 2 aromatic rings. The van der Waals surface area contributed by atoms with Gasteiger partial charge in [0.05, 0.1) is 18.4 Å². The lowest BCUT2D eigenvalue weighted by Gasteiger charge is -2.11. The summed E-state index contributed by atoms with van der Waals surface area (Å²) in [6.07, 6.45) is 0.450. The van der Waals surface area contributed by atoms with Gasteiger partial charge in [-0.3, -0.25) is 4.79 Å². The number of ether oxygens (including phenoxy) is 1. The van der Waals surface area contributed by atoms with Gasteiger partial charge in [-0.25, -0.2) is 4.39 Å². The zero-order valence-electron chi connectivity index (χ0n) is 11.1. The predicted molar refractivity (Wildman–Crippen MR) is 78.8 cm³/mol. The van der Waals surface area contributed by atoms with Crippen LogP contribution in [0.25, 0.3) is 0 Å². The van der Waals surface area contributed by atoms with Crippen LogP contribution >= 0.6 is 11.3 Å². The molecule has 1 aromatic heterocycles. The molecular formula is C15H13FN2O2S. The van der Waals surface area contributed by atoms with Crippen LogP contribution in [0, 0.1) is 17.1 Å². The lowest BCUT2D eigenvalue weighted by atomic mass is 10.2. The van der Waals surface area contributed by atoms with Gasteiger partial charge in [0, 0.05) is 17.4 Å². The Hall–Kier alpha value is -2.39. The van der Waals surface area contributed by atoms with E-state index < -0.39 is 11.7 Å². The molecule has 6 heteroatoms. The standard InChI is InChI=1S/C15H13FN2O2S/c16-11-3-4-14(13(10-11)18-15(19)5-7-17)20-8-6-12-2-1-9-21-12/h1-4,9-10H,5-6,8H2,(H,18,19). The number of nitriles is 1. The quantitative estimate of drug-likeness (QED) is 0.890. The second-order valence-corrected chi connectivity index (χ2v) is 5.23. The fourth-order valence-corrected chi connectivity index (χ4v) is 2.40. The highest BCUT2D eigenvalue weighted by molar-refractivity contribution is 7.09. The van der Waals surface area contributed by atoms with E-state index in [4.69, 9.17) is 10.00 Å². The monoisotopic (exact) mass is 304 g/mol. The molecular weight excluding hydrogens is 291 g/mol. The van der Waals surface area contributed by atoms with Crippen molar-refractivity contribution in [2.45, 2.75) is 12.8 Å². The van der Waals surface area contributed by atoms with E-state index in [0.717, 1.165) is 6.42 Å². The van der Waals surface area contributed by atoms with E-state index in [2.05, 4.69) is 5.32 Å². The van der Waals surface area contributed by atoms with Gasteiger partial charge in [-0.05, 0) is 23.6 Å². The lowest BCUT2D eigenvalue weighted by molar-refractivity contribution is -0.115. The molecule has 0 aliphatic rings. The summed E-state index contributed by atoms with van der Waals surface area (Å²) in [6, 6.07) is 9.61. The topological polar surface area (TPSA) is 62.1 Å². The molecule has 0 radical (unpaired) electrons. The number of carbonyl (C=O) groups is 1. The second-order valence-electron chi connectivity index (χ2n) is 4.20. The van der Waals surface area contributed by atoms with E-state index in [1.54, 1.807) is 17.4 Å². The van der Waals surface area contributed by atoms with Crippen molar-refractivity contribution in [2.75, 3.05) is 11.9 Å². The lowest BCUT2D eigenvalue weighted by Crippen LogP contribution is -2.12. The highest BCUT2D eigenvalue weighted by Gasteiger charge is 2.09. The van der Waals surface area contributed by atoms with Crippen LogP contribution in [-0.4, -0.2) is 12.5 Å². The molecule has 0 saturated heterocycles. The van der Waals surface area contributed by atoms with Crippen molar-refractivity contribution in [3.63, 3.8) is 0 Å². The van der Waals surface area contributed by atoms with Gasteiger partial charge in [0.15, 0.2) is 0 Å². The van der Waals surface area contributed by atoms with Crippen LogP contribution in [0.15, 0.2) is 35.7 Å². The number of nitrogens with one attached hydrogen (secondary N) is 1. The summed E-state index contributed by atoms with van der Waals surface area (Å²) in [5, 5.41) is 12.9. The number of thiophene rings is 1. The van der Waals surface area contributed by atoms with E-state index >= 15 is 0 Å². The maximum Gasteiger partial charge on any atom is 0.238 e. The summed E-state index contributed by atoms with van der Waals surface area (Å²) in [5.74, 6) is -0.585. The molecule has 2 rings (SSSR count). The van der Waals surface area contributed by atoms with E-state index in [-0.39, 0.29) is 12.1 Å². The molecule has 4 nitrogen and oxygen atoms in total. The molecule has 1 amide bonds. The number of halogens is 1. The highest BCUT2D eigenvalue weighted by atomic mass is 32.1. The average molecular weight is 304 g/mol. The third kappa shape index (κ3) is 4.58. The number of hydrogen-bond acceptors (Lipinski definition) is 4. The molecule has 0 saturated carbocycles. The predicted octanol–water partition coefficient (Wildman–Crippen LogP) is 3.36. The molecule has 1 heterocycles. The van der Waals surface area contributed by atoms with E-state index in [9.17, 15) is 9.18 Å². The molecule has 21 heavy (non-hydrogen) atoms. The second kappa shape index (κ2) is 7.41. The van der Waals surface area contributed by atoms with Gasteiger partial charge < -0.3 is 10.1 Å². The Morgan fingerprint density at radius 1 is 1.43 bits per heavy atom. The van der Waals surface area contributed by atoms with Crippen molar-refractivity contribution in [3.05, 3.63) is 46.4 Å². The van der Waals surface area contributed by atoms with Gasteiger partial charge in [-0.15, -0.1) is 11.3 Å². The summed E-state index contributed by atoms with van der Waals surface area (Å²) in [4.78, 5) is 12.6. The fraction of sp³-hybridized carbons (Fsp3) is 0.200. The van der Waals surface area contributed by atoms with Crippen molar-refractivity contribution in [2.24, 2.45) is 0 Å². The first-order chi connectivity index (χ1) is 10.2. The van der Waals surface area contributed by atoms with Crippen LogP contribution < -0.4 is 10.1 Å². The van der Waals surface area contributed by atoms with Gasteiger partial charge >= 0.3 is 0 Å². The van der Waals surface area contributed by atoms with Gasteiger partial charge in [0.2, 0.25) is 5.91 Å². The Kier molecular flexibility index (Phi) is 5.29. The zero-order chi connectivity index (χ0) is 15.1. The number of amides is 1. The number of hydrogen-bond donors (Lipinski definition) is 1. The molecule has 0 aliphatic heterocycles. The first kappa shape index (κ1) is 15.0. The van der Waals surface area contributed by atoms with E-state index in [1.807, 2.05) is 17.5 Å². The smallest absolute Gasteiger partial charge is 0.238 e. The summed E-state index contributed by atoms with van der Waals surface area (Å²) >= 11 is 1.64. The van der Waals surface area contributed by atoms with Crippen molar-refractivity contribution in [3.8, 4) is 11.8 Å². The molecule has 0 spiro atoms. The molecule has 1 N–H and O–H groups in total. The Labute approximate surface area is 125 Å². The number of nitrogens with zero attached hydrogens (tertiary/aromatic N) is 1. The summed E-state index contributed by atoms with van der Waals surface area (Å²) < 4.78 is 18.8. The van der Waals surface area contributed by atoms with Gasteiger partial charge in [0.1, 0.15) is 18.0 Å². The molecule has 0 aliphatic carbocycles. The molecule has 108 valence electrons. The Morgan fingerprint density at radius 3 is 3.00 bits per heavy atom. The van der Waals surface area contributed by atoms with Gasteiger partial charge in [0.25, 0.3) is 0 Å². The van der Waals surface area contributed by atoms with E-state index in [0.29, 0.717) is 12.4 Å². The summed E-state index contributed by atoms with van der Waals surface area (Å²) in [5.41, 5.74) is 0.237. The minimum Gasteiger partial charge on any atom is -0.491 e. The van der Waals surface area contributed by atoms with Crippen LogP contribution in [0.1, 0.15) is 11.3 Å². The van der Waals surface area contributed by atoms with Crippen LogP contribution in [0.5, 0.6) is 5.75 Å². The number of rotatable bonds is 6. The van der Waals surface area contributed by atoms with Crippen molar-refractivity contribution in [1.82, 2.24) is 0 Å². The van der Waals surface area contributed by atoms with Crippen LogP contribution in [0.2, 0.25) is 0 Å². The van der Waals surface area contributed by atoms with Crippen molar-refractivity contribution in [1.29, 1.82) is 5.26 Å². The number of benzene rings is 1. The molecule has 1 aromatic carbocycles. The fourth-order valence-electron chi connectivity index (χ4n) is 1.71. The largest absolute Gasteiger partial charge is 0.491 e. The van der Waals surface area contributed by atoms with Crippen molar-refractivity contribution >= 4 is 22.9 Å². The number of carbonyl (C=O) groups excluding carboxylic acids is 1. The normalized spacial score (nSPS) is 9.90. The van der Waals surface area contributed by atoms with E-state index in [1.165, 1.54) is 23.1 Å². The first-order valence-corrected chi connectivity index (χ1v) is 7.18. The maximum atomic E-state index is 13.3. The molecule has 0 bridgehead atoms. The molecule has 0 fully saturated rings. The van der Waals surface area contributed by atoms with Crippen LogP contribution in [0.3, 0.4) is 0 Å². The van der Waals surface area contributed by atoms with Crippen LogP contribution in [-0.2, 0) is 11.2 Å². The third-order valence-corrected chi connectivity index (χ3v) is 3.58. The molecule has 0 atom stereocenters. The Morgan fingerprint density at radius 2 is 2.29 bits per heavy atom. The van der Waals surface area contributed by atoms with Crippen LogP contribution in [0.4, 0.5) is 10.1 Å². The Bertz CT molecular complexity index is 650. The van der Waals surface area contributed by atoms with Crippen molar-refractivity contribution < 1.29 is 13.9 Å². The summed E-state index contributed by atoms with van der Waals surface area (Å²) in [6.45, 7) is 0.424. The zero-order valence-corrected chi connectivity index (χ0v) is 12.0. The average Bonchev–Trinajstić information content (AvgIpc) is 2.94. The highest BCUT2D eigenvalue weighted by Crippen LogP contribution is 2.26. The Balaban J connectivity index is 2.00. The molecule has 0 unspecified atom stereocenters. The SMILES string of the molecule is N#CCC(=O)Nc1cc(F)ccc1OCCc1cccs1. The number of anilines is 1. The first-order valence-electron chi connectivity index (χ1n) is 6.30.